The van der Waals surface area contributed by atoms with E-state index in [4.69, 9.17) is 11.6 Å². The maximum atomic E-state index is 12.8. The van der Waals surface area contributed by atoms with Gasteiger partial charge in [0.2, 0.25) is 5.91 Å². The molecule has 20 heavy (non-hydrogen) atoms. The number of benzene rings is 1. The van der Waals surface area contributed by atoms with Gasteiger partial charge in [0.25, 0.3) is 0 Å². The molecule has 2 nitrogen and oxygen atoms in total. The second kappa shape index (κ2) is 7.68. The van der Waals surface area contributed by atoms with Crippen molar-refractivity contribution in [1.82, 2.24) is 4.90 Å². The highest BCUT2D eigenvalue weighted by Crippen LogP contribution is 2.26. The first-order valence-corrected chi connectivity index (χ1v) is 8.19. The largest absolute Gasteiger partial charge is 0.342 e. The molecule has 0 bridgehead atoms. The number of likely N-dealkylation sites (tertiary alicyclic amines) is 1. The third-order valence-electron chi connectivity index (χ3n) is 4.26. The van der Waals surface area contributed by atoms with Crippen LogP contribution in [0.5, 0.6) is 0 Å². The summed E-state index contributed by atoms with van der Waals surface area (Å²) in [4.78, 5) is 14.8. The summed E-state index contributed by atoms with van der Waals surface area (Å²) >= 11 is 5.84. The Morgan fingerprint density at radius 2 is 2.15 bits per heavy atom. The highest BCUT2D eigenvalue weighted by Gasteiger charge is 2.28. The van der Waals surface area contributed by atoms with E-state index in [9.17, 15) is 4.79 Å². The van der Waals surface area contributed by atoms with Crippen molar-refractivity contribution in [3.05, 3.63) is 35.9 Å². The second-order valence-electron chi connectivity index (χ2n) is 5.64. The minimum atomic E-state index is 0.00551. The summed E-state index contributed by atoms with van der Waals surface area (Å²) in [6.45, 7) is 3.88. The maximum Gasteiger partial charge on any atom is 0.230 e. The van der Waals surface area contributed by atoms with Crippen LogP contribution in [0.4, 0.5) is 0 Å². The van der Waals surface area contributed by atoms with Crippen molar-refractivity contribution in [3.8, 4) is 0 Å². The van der Waals surface area contributed by atoms with Crippen molar-refractivity contribution in [2.45, 2.75) is 38.5 Å². The molecule has 110 valence electrons. The highest BCUT2D eigenvalue weighted by atomic mass is 35.5. The fourth-order valence-electron chi connectivity index (χ4n) is 3.11. The summed E-state index contributed by atoms with van der Waals surface area (Å²) in [5.41, 5.74) is 1.14. The molecule has 1 aromatic rings. The Morgan fingerprint density at radius 1 is 1.40 bits per heavy atom. The quantitative estimate of drug-likeness (QED) is 0.750. The minimum Gasteiger partial charge on any atom is -0.342 e. The first-order chi connectivity index (χ1) is 9.76. The van der Waals surface area contributed by atoms with Crippen molar-refractivity contribution < 1.29 is 4.79 Å². The number of hydrogen-bond donors (Lipinski definition) is 0. The summed E-state index contributed by atoms with van der Waals surface area (Å²) in [7, 11) is 0. The van der Waals surface area contributed by atoms with Crippen LogP contribution >= 0.6 is 11.6 Å². The van der Waals surface area contributed by atoms with Gasteiger partial charge in [0, 0.05) is 19.0 Å². The standard InChI is InChI=1S/C17H24ClNO/c1-2-16(15-8-4-3-5-9-15)17(20)19-12-6-7-14(13-19)10-11-18/h3-5,8-9,14,16H,2,6-7,10-13H2,1H3. The molecule has 3 heteroatoms. The molecule has 0 aliphatic carbocycles. The molecule has 2 rings (SSSR count). The fourth-order valence-corrected chi connectivity index (χ4v) is 3.42. The number of halogens is 1. The summed E-state index contributed by atoms with van der Waals surface area (Å²) in [5, 5.41) is 0. The first kappa shape index (κ1) is 15.4. The lowest BCUT2D eigenvalue weighted by atomic mass is 9.91. The lowest BCUT2D eigenvalue weighted by molar-refractivity contribution is -0.134. The summed E-state index contributed by atoms with van der Waals surface area (Å²) in [6.07, 6.45) is 4.20. The molecule has 0 radical (unpaired) electrons. The van der Waals surface area contributed by atoms with Crippen LogP contribution < -0.4 is 0 Å². The van der Waals surface area contributed by atoms with Gasteiger partial charge in [-0.1, -0.05) is 37.3 Å². The zero-order valence-corrected chi connectivity index (χ0v) is 13.0. The number of piperidine rings is 1. The molecular formula is C17H24ClNO. The molecule has 0 N–H and O–H groups in total. The number of nitrogens with zero attached hydrogens (tertiary/aromatic N) is 1. The van der Waals surface area contributed by atoms with Crippen molar-refractivity contribution in [2.24, 2.45) is 5.92 Å². The Balaban J connectivity index is 2.05. The average Bonchev–Trinajstić information content (AvgIpc) is 2.50. The number of carbonyl (C=O) groups excluding carboxylic acids is 1. The highest BCUT2D eigenvalue weighted by molar-refractivity contribution is 6.17. The van der Waals surface area contributed by atoms with Gasteiger partial charge in [-0.05, 0) is 37.2 Å². The van der Waals surface area contributed by atoms with Gasteiger partial charge < -0.3 is 4.90 Å². The summed E-state index contributed by atoms with van der Waals surface area (Å²) in [6, 6.07) is 10.1. The van der Waals surface area contributed by atoms with E-state index in [-0.39, 0.29) is 11.8 Å². The monoisotopic (exact) mass is 293 g/mol. The predicted octanol–water partition coefficient (Wildman–Crippen LogP) is 4.05. The molecule has 1 fully saturated rings. The molecule has 1 heterocycles. The van der Waals surface area contributed by atoms with Crippen LogP contribution in [0.25, 0.3) is 0 Å². The summed E-state index contributed by atoms with van der Waals surface area (Å²) < 4.78 is 0. The zero-order chi connectivity index (χ0) is 14.4. The lowest BCUT2D eigenvalue weighted by Crippen LogP contribution is -2.42. The molecule has 0 spiro atoms. The van der Waals surface area contributed by atoms with Crippen LogP contribution in [0.2, 0.25) is 0 Å². The maximum absolute atomic E-state index is 12.8. The molecule has 0 saturated carbocycles. The molecule has 1 amide bonds. The van der Waals surface area contributed by atoms with Crippen molar-refractivity contribution in [1.29, 1.82) is 0 Å². The van der Waals surface area contributed by atoms with E-state index in [0.29, 0.717) is 11.8 Å². The SMILES string of the molecule is CCC(C(=O)N1CCCC(CCCl)C1)c1ccccc1. The molecule has 1 aliphatic rings. The van der Waals surface area contributed by atoms with Gasteiger partial charge >= 0.3 is 0 Å². The Hall–Kier alpha value is -1.02. The van der Waals surface area contributed by atoms with Gasteiger partial charge in [-0.2, -0.15) is 0 Å². The van der Waals surface area contributed by atoms with Gasteiger partial charge in [0.15, 0.2) is 0 Å². The lowest BCUT2D eigenvalue weighted by Gasteiger charge is -2.35. The predicted molar refractivity (Wildman–Crippen MR) is 84.1 cm³/mol. The normalized spacial score (nSPS) is 20.7. The van der Waals surface area contributed by atoms with E-state index in [0.717, 1.165) is 37.9 Å². The Labute approximate surface area is 127 Å². The zero-order valence-electron chi connectivity index (χ0n) is 12.2. The van der Waals surface area contributed by atoms with Crippen LogP contribution in [0.15, 0.2) is 30.3 Å². The average molecular weight is 294 g/mol. The van der Waals surface area contributed by atoms with Gasteiger partial charge in [0.05, 0.1) is 5.92 Å². The number of alkyl halides is 1. The van der Waals surface area contributed by atoms with Gasteiger partial charge in [-0.15, -0.1) is 11.6 Å². The number of rotatable bonds is 5. The molecule has 1 aromatic carbocycles. The number of amides is 1. The van der Waals surface area contributed by atoms with E-state index in [1.807, 2.05) is 18.2 Å². The second-order valence-corrected chi connectivity index (χ2v) is 6.02. The molecule has 0 aromatic heterocycles. The van der Waals surface area contributed by atoms with E-state index >= 15 is 0 Å². The molecular weight excluding hydrogens is 270 g/mol. The van der Waals surface area contributed by atoms with E-state index in [1.165, 1.54) is 6.42 Å². The fraction of sp³-hybridized carbons (Fsp3) is 0.588. The van der Waals surface area contributed by atoms with Crippen LogP contribution in [0, 0.1) is 5.92 Å². The van der Waals surface area contributed by atoms with E-state index in [1.54, 1.807) is 0 Å². The Bertz CT molecular complexity index is 418. The molecule has 2 atom stereocenters. The van der Waals surface area contributed by atoms with Crippen LogP contribution in [-0.2, 0) is 4.79 Å². The number of carbonyl (C=O) groups is 1. The van der Waals surface area contributed by atoms with Gasteiger partial charge in [-0.25, -0.2) is 0 Å². The van der Waals surface area contributed by atoms with E-state index < -0.39 is 0 Å². The van der Waals surface area contributed by atoms with Crippen molar-refractivity contribution >= 4 is 17.5 Å². The smallest absolute Gasteiger partial charge is 0.230 e. The van der Waals surface area contributed by atoms with Crippen molar-refractivity contribution in [2.75, 3.05) is 19.0 Å². The van der Waals surface area contributed by atoms with Gasteiger partial charge in [-0.3, -0.25) is 4.79 Å². The Morgan fingerprint density at radius 3 is 2.80 bits per heavy atom. The third-order valence-corrected chi connectivity index (χ3v) is 4.47. The van der Waals surface area contributed by atoms with Crippen LogP contribution in [0.1, 0.15) is 44.1 Å². The number of hydrogen-bond acceptors (Lipinski definition) is 1. The third kappa shape index (κ3) is 3.76. The van der Waals surface area contributed by atoms with Crippen LogP contribution in [-0.4, -0.2) is 29.8 Å². The van der Waals surface area contributed by atoms with E-state index in [2.05, 4.69) is 24.0 Å². The first-order valence-electron chi connectivity index (χ1n) is 7.66. The topological polar surface area (TPSA) is 20.3 Å². The Kier molecular flexibility index (Phi) is 5.90. The minimum absolute atomic E-state index is 0.00551. The summed E-state index contributed by atoms with van der Waals surface area (Å²) in [5.74, 6) is 1.57. The van der Waals surface area contributed by atoms with Crippen LogP contribution in [0.3, 0.4) is 0 Å². The molecule has 1 saturated heterocycles. The van der Waals surface area contributed by atoms with Crippen molar-refractivity contribution in [3.63, 3.8) is 0 Å². The molecule has 2 unspecified atom stereocenters. The molecule has 1 aliphatic heterocycles. The van der Waals surface area contributed by atoms with Gasteiger partial charge in [0.1, 0.15) is 0 Å².